The van der Waals surface area contributed by atoms with Crippen molar-refractivity contribution in [3.63, 3.8) is 0 Å². The maximum atomic E-state index is 12.9. The van der Waals surface area contributed by atoms with Gasteiger partial charge in [-0.2, -0.15) is 13.2 Å². The van der Waals surface area contributed by atoms with E-state index >= 15 is 0 Å². The van der Waals surface area contributed by atoms with E-state index < -0.39 is 11.7 Å². The molecule has 0 saturated carbocycles. The number of nitrogens with two attached hydrogens (primary N) is 1. The Balaban J connectivity index is 2.10. The third-order valence-corrected chi connectivity index (χ3v) is 4.60. The number of halogens is 3. The van der Waals surface area contributed by atoms with Crippen molar-refractivity contribution in [3.05, 3.63) is 59.7 Å². The maximum Gasteiger partial charge on any atom is 0.416 e. The third kappa shape index (κ3) is 6.15. The van der Waals surface area contributed by atoms with Crippen LogP contribution in [-0.4, -0.2) is 19.6 Å². The van der Waals surface area contributed by atoms with Gasteiger partial charge in [-0.1, -0.05) is 49.7 Å². The molecule has 0 amide bonds. The number of hydrogen-bond acceptors (Lipinski definition) is 2. The summed E-state index contributed by atoms with van der Waals surface area (Å²) < 4.78 is 38.8. The van der Waals surface area contributed by atoms with Gasteiger partial charge in [0.05, 0.1) is 5.56 Å². The monoisotopic (exact) mass is 364 g/mol. The minimum absolute atomic E-state index is 0.539. The molecule has 26 heavy (non-hydrogen) atoms. The Kier molecular flexibility index (Phi) is 7.66. The molecule has 0 spiro atoms. The molecule has 0 heterocycles. The second-order valence-corrected chi connectivity index (χ2v) is 6.58. The van der Waals surface area contributed by atoms with E-state index in [1.54, 1.807) is 6.07 Å². The second kappa shape index (κ2) is 9.74. The van der Waals surface area contributed by atoms with E-state index in [1.807, 2.05) is 24.3 Å². The first kappa shape index (κ1) is 20.5. The van der Waals surface area contributed by atoms with Gasteiger partial charge in [0.1, 0.15) is 0 Å². The molecule has 1 atom stereocenters. The van der Waals surface area contributed by atoms with Crippen molar-refractivity contribution in [2.24, 2.45) is 11.7 Å². The summed E-state index contributed by atoms with van der Waals surface area (Å²) >= 11 is 0. The van der Waals surface area contributed by atoms with Crippen LogP contribution >= 0.6 is 0 Å². The lowest BCUT2D eigenvalue weighted by molar-refractivity contribution is -0.137. The van der Waals surface area contributed by atoms with E-state index in [1.165, 1.54) is 12.1 Å². The average molecular weight is 364 g/mol. The molecule has 2 rings (SSSR count). The standard InChI is InChI=1S/C21H27F3N2/c1-2-16(9-11-26-12-10-25)13-17-5-3-6-18(14-17)19-7-4-8-20(15-19)21(22,23)24/h3-8,14-16,26H,2,9-13,25H2,1H3. The van der Waals surface area contributed by atoms with Crippen molar-refractivity contribution in [3.8, 4) is 11.1 Å². The van der Waals surface area contributed by atoms with Gasteiger partial charge in [-0.25, -0.2) is 0 Å². The molecule has 5 heteroatoms. The Labute approximate surface area is 153 Å². The summed E-state index contributed by atoms with van der Waals surface area (Å²) in [4.78, 5) is 0. The molecule has 0 fully saturated rings. The van der Waals surface area contributed by atoms with Gasteiger partial charge in [-0.15, -0.1) is 0 Å². The summed E-state index contributed by atoms with van der Waals surface area (Å²) in [6.07, 6.45) is -1.27. The molecule has 0 saturated heterocycles. The van der Waals surface area contributed by atoms with Crippen LogP contribution in [0.1, 0.15) is 30.9 Å². The van der Waals surface area contributed by atoms with Crippen LogP contribution < -0.4 is 11.1 Å². The Morgan fingerprint density at radius 3 is 2.35 bits per heavy atom. The van der Waals surface area contributed by atoms with Crippen molar-refractivity contribution >= 4 is 0 Å². The predicted octanol–water partition coefficient (Wildman–Crippen LogP) is 4.88. The predicted molar refractivity (Wildman–Crippen MR) is 101 cm³/mol. The van der Waals surface area contributed by atoms with Gasteiger partial charge in [0.25, 0.3) is 0 Å². The van der Waals surface area contributed by atoms with Gasteiger partial charge in [0.15, 0.2) is 0 Å². The van der Waals surface area contributed by atoms with E-state index in [2.05, 4.69) is 12.2 Å². The fraction of sp³-hybridized carbons (Fsp3) is 0.429. The van der Waals surface area contributed by atoms with Gasteiger partial charge in [0.2, 0.25) is 0 Å². The van der Waals surface area contributed by atoms with Gasteiger partial charge in [0, 0.05) is 13.1 Å². The van der Waals surface area contributed by atoms with E-state index in [0.29, 0.717) is 18.0 Å². The number of hydrogen-bond donors (Lipinski definition) is 2. The minimum Gasteiger partial charge on any atom is -0.329 e. The first-order valence-electron chi connectivity index (χ1n) is 9.11. The molecular weight excluding hydrogens is 337 g/mol. The van der Waals surface area contributed by atoms with E-state index in [4.69, 9.17) is 5.73 Å². The maximum absolute atomic E-state index is 12.9. The van der Waals surface area contributed by atoms with Crippen molar-refractivity contribution in [2.45, 2.75) is 32.4 Å². The second-order valence-electron chi connectivity index (χ2n) is 6.58. The highest BCUT2D eigenvalue weighted by atomic mass is 19.4. The summed E-state index contributed by atoms with van der Waals surface area (Å²) in [7, 11) is 0. The Bertz CT molecular complexity index is 683. The number of alkyl halides is 3. The fourth-order valence-corrected chi connectivity index (χ4v) is 3.07. The Morgan fingerprint density at radius 2 is 1.69 bits per heavy atom. The molecular formula is C21H27F3N2. The molecule has 0 radical (unpaired) electrons. The molecule has 2 aromatic carbocycles. The van der Waals surface area contributed by atoms with Crippen LogP contribution in [0.4, 0.5) is 13.2 Å². The van der Waals surface area contributed by atoms with Crippen molar-refractivity contribution in [2.75, 3.05) is 19.6 Å². The van der Waals surface area contributed by atoms with Gasteiger partial charge in [-0.3, -0.25) is 0 Å². The summed E-state index contributed by atoms with van der Waals surface area (Å²) in [6, 6.07) is 13.3. The number of benzene rings is 2. The molecule has 0 aliphatic carbocycles. The number of rotatable bonds is 9. The zero-order valence-electron chi connectivity index (χ0n) is 15.2. The molecule has 0 aromatic heterocycles. The van der Waals surface area contributed by atoms with Gasteiger partial charge in [-0.05, 0) is 54.1 Å². The lowest BCUT2D eigenvalue weighted by Crippen LogP contribution is -2.25. The zero-order chi connectivity index (χ0) is 19.0. The lowest BCUT2D eigenvalue weighted by Gasteiger charge is -2.16. The third-order valence-electron chi connectivity index (χ3n) is 4.60. The van der Waals surface area contributed by atoms with Crippen molar-refractivity contribution < 1.29 is 13.2 Å². The van der Waals surface area contributed by atoms with E-state index in [9.17, 15) is 13.2 Å². The van der Waals surface area contributed by atoms with Crippen LogP contribution in [0.25, 0.3) is 11.1 Å². The lowest BCUT2D eigenvalue weighted by atomic mass is 9.92. The SMILES string of the molecule is CCC(CCNCCN)Cc1cccc(-c2cccc(C(F)(F)F)c2)c1. The molecule has 142 valence electrons. The average Bonchev–Trinajstić information content (AvgIpc) is 2.64. The van der Waals surface area contributed by atoms with Crippen molar-refractivity contribution in [1.82, 2.24) is 5.32 Å². The molecule has 2 nitrogen and oxygen atoms in total. The fourth-order valence-electron chi connectivity index (χ4n) is 3.07. The minimum atomic E-state index is -4.32. The van der Waals surface area contributed by atoms with Crippen molar-refractivity contribution in [1.29, 1.82) is 0 Å². The Morgan fingerprint density at radius 1 is 1.00 bits per heavy atom. The zero-order valence-corrected chi connectivity index (χ0v) is 15.2. The summed E-state index contributed by atoms with van der Waals surface area (Å²) in [5, 5.41) is 3.31. The van der Waals surface area contributed by atoms with Crippen LogP contribution in [0.5, 0.6) is 0 Å². The summed E-state index contributed by atoms with van der Waals surface area (Å²) in [5.41, 5.74) is 7.44. The van der Waals surface area contributed by atoms with E-state index in [0.717, 1.165) is 49.5 Å². The first-order valence-corrected chi connectivity index (χ1v) is 9.11. The van der Waals surface area contributed by atoms with Crippen LogP contribution in [0.3, 0.4) is 0 Å². The van der Waals surface area contributed by atoms with Crippen LogP contribution in [0.2, 0.25) is 0 Å². The Hall–Kier alpha value is -1.85. The highest BCUT2D eigenvalue weighted by Gasteiger charge is 2.30. The van der Waals surface area contributed by atoms with Gasteiger partial charge < -0.3 is 11.1 Å². The number of nitrogens with one attached hydrogen (secondary N) is 1. The molecule has 2 aromatic rings. The van der Waals surface area contributed by atoms with Crippen LogP contribution in [0, 0.1) is 5.92 Å². The molecule has 0 aliphatic heterocycles. The largest absolute Gasteiger partial charge is 0.416 e. The highest BCUT2D eigenvalue weighted by molar-refractivity contribution is 5.65. The molecule has 0 aliphatic rings. The van der Waals surface area contributed by atoms with Crippen LogP contribution in [0.15, 0.2) is 48.5 Å². The van der Waals surface area contributed by atoms with Gasteiger partial charge >= 0.3 is 6.18 Å². The molecule has 0 bridgehead atoms. The van der Waals surface area contributed by atoms with E-state index in [-0.39, 0.29) is 0 Å². The summed E-state index contributed by atoms with van der Waals surface area (Å²) in [6.45, 7) is 4.56. The summed E-state index contributed by atoms with van der Waals surface area (Å²) in [5.74, 6) is 0.539. The quantitative estimate of drug-likeness (QED) is 0.623. The normalized spacial score (nSPS) is 13.0. The topological polar surface area (TPSA) is 38.0 Å². The van der Waals surface area contributed by atoms with Crippen LogP contribution in [-0.2, 0) is 12.6 Å². The molecule has 3 N–H and O–H groups in total. The molecule has 1 unspecified atom stereocenters. The first-order chi connectivity index (χ1) is 12.4. The smallest absolute Gasteiger partial charge is 0.329 e. The highest BCUT2D eigenvalue weighted by Crippen LogP contribution is 2.32.